The average molecular weight is 313 g/mol. The number of nitrogens with zero attached hydrogens (tertiary/aromatic N) is 2. The number of hydrogen-bond donors (Lipinski definition) is 2. The van der Waals surface area contributed by atoms with Crippen molar-refractivity contribution in [2.45, 2.75) is 32.7 Å². The lowest BCUT2D eigenvalue weighted by Crippen LogP contribution is -2.45. The van der Waals surface area contributed by atoms with Crippen molar-refractivity contribution in [3.05, 3.63) is 59.2 Å². The molecule has 0 aliphatic heterocycles. The Morgan fingerprint density at radius 1 is 1.13 bits per heavy atom. The predicted octanol–water partition coefficient (Wildman–Crippen LogP) is 2.23. The van der Waals surface area contributed by atoms with Gasteiger partial charge >= 0.3 is 5.97 Å². The van der Waals surface area contributed by atoms with Gasteiger partial charge in [-0.3, -0.25) is 4.79 Å². The van der Waals surface area contributed by atoms with Crippen LogP contribution < -0.4 is 5.32 Å². The molecule has 0 aliphatic rings. The van der Waals surface area contributed by atoms with Crippen LogP contribution in [0.15, 0.2) is 36.7 Å². The molecular formula is C17H19N3O3. The van der Waals surface area contributed by atoms with Crippen molar-refractivity contribution in [2.75, 3.05) is 0 Å². The lowest BCUT2D eigenvalue weighted by molar-refractivity contribution is 0.0688. The molecule has 6 nitrogen and oxygen atoms in total. The van der Waals surface area contributed by atoms with Crippen molar-refractivity contribution in [1.29, 1.82) is 0 Å². The molecule has 0 saturated carbocycles. The topological polar surface area (TPSA) is 92.2 Å². The predicted molar refractivity (Wildman–Crippen MR) is 85.4 cm³/mol. The van der Waals surface area contributed by atoms with E-state index in [0.717, 1.165) is 11.8 Å². The number of hydrogen-bond acceptors (Lipinski definition) is 4. The first-order chi connectivity index (χ1) is 10.8. The van der Waals surface area contributed by atoms with Gasteiger partial charge in [-0.15, -0.1) is 0 Å². The minimum atomic E-state index is -1.18. The summed E-state index contributed by atoms with van der Waals surface area (Å²) < 4.78 is 0. The maximum absolute atomic E-state index is 12.3. The second kappa shape index (κ2) is 6.56. The third-order valence-electron chi connectivity index (χ3n) is 3.45. The molecule has 0 unspecified atom stereocenters. The molecule has 0 saturated heterocycles. The number of rotatable bonds is 5. The number of carboxylic acids is 1. The number of amides is 1. The summed E-state index contributed by atoms with van der Waals surface area (Å²) in [6.07, 6.45) is 2.92. The van der Waals surface area contributed by atoms with Crippen LogP contribution in [-0.2, 0) is 6.42 Å². The maximum atomic E-state index is 12.3. The molecule has 2 aromatic rings. The fourth-order valence-electron chi connectivity index (χ4n) is 2.26. The van der Waals surface area contributed by atoms with Crippen molar-refractivity contribution in [3.63, 3.8) is 0 Å². The van der Waals surface area contributed by atoms with Crippen molar-refractivity contribution in [1.82, 2.24) is 15.3 Å². The summed E-state index contributed by atoms with van der Waals surface area (Å²) in [5.74, 6) is -1.56. The van der Waals surface area contributed by atoms with Gasteiger partial charge in [0.2, 0.25) is 0 Å². The molecule has 1 aromatic carbocycles. The number of aryl methyl sites for hydroxylation is 1. The molecule has 0 spiro atoms. The van der Waals surface area contributed by atoms with Crippen LogP contribution in [0.25, 0.3) is 0 Å². The van der Waals surface area contributed by atoms with E-state index < -0.39 is 11.5 Å². The van der Waals surface area contributed by atoms with Gasteiger partial charge in [-0.1, -0.05) is 24.3 Å². The molecule has 1 aromatic heterocycles. The molecule has 23 heavy (non-hydrogen) atoms. The molecule has 0 fully saturated rings. The Bertz CT molecular complexity index is 724. The normalized spacial score (nSPS) is 11.1. The quantitative estimate of drug-likeness (QED) is 0.883. The van der Waals surface area contributed by atoms with E-state index in [4.69, 9.17) is 5.11 Å². The summed E-state index contributed by atoms with van der Waals surface area (Å²) in [6, 6.07) is 8.01. The number of aromatic nitrogens is 2. The smallest absolute Gasteiger partial charge is 0.356 e. The zero-order valence-electron chi connectivity index (χ0n) is 13.3. The highest BCUT2D eigenvalue weighted by molar-refractivity contribution is 5.93. The maximum Gasteiger partial charge on any atom is 0.356 e. The van der Waals surface area contributed by atoms with E-state index in [0.29, 0.717) is 6.42 Å². The van der Waals surface area contributed by atoms with Crippen molar-refractivity contribution in [2.24, 2.45) is 0 Å². The van der Waals surface area contributed by atoms with Gasteiger partial charge in [0.1, 0.15) is 5.69 Å². The fourth-order valence-corrected chi connectivity index (χ4v) is 2.26. The molecule has 2 N–H and O–H groups in total. The molecule has 0 bridgehead atoms. The summed E-state index contributed by atoms with van der Waals surface area (Å²) in [4.78, 5) is 30.6. The van der Waals surface area contributed by atoms with Gasteiger partial charge in [0.05, 0.1) is 12.4 Å². The van der Waals surface area contributed by atoms with Crippen LogP contribution in [-0.4, -0.2) is 32.5 Å². The molecule has 120 valence electrons. The zero-order chi connectivity index (χ0) is 17.0. The van der Waals surface area contributed by atoms with E-state index in [2.05, 4.69) is 15.3 Å². The monoisotopic (exact) mass is 313 g/mol. The number of benzene rings is 1. The minimum absolute atomic E-state index is 0.0906. The number of carbonyl (C=O) groups excluding carboxylic acids is 1. The number of aromatic carboxylic acids is 1. The summed E-state index contributed by atoms with van der Waals surface area (Å²) in [5.41, 5.74) is 1.75. The van der Waals surface area contributed by atoms with E-state index in [9.17, 15) is 9.59 Å². The molecule has 6 heteroatoms. The average Bonchev–Trinajstić information content (AvgIpc) is 2.49. The largest absolute Gasteiger partial charge is 0.476 e. The molecule has 1 heterocycles. The Morgan fingerprint density at radius 3 is 2.30 bits per heavy atom. The van der Waals surface area contributed by atoms with Crippen LogP contribution in [0.2, 0.25) is 0 Å². The summed E-state index contributed by atoms with van der Waals surface area (Å²) in [5, 5.41) is 11.7. The molecule has 0 radical (unpaired) electrons. The van der Waals surface area contributed by atoms with Gasteiger partial charge in [-0.2, -0.15) is 0 Å². The van der Waals surface area contributed by atoms with Crippen LogP contribution >= 0.6 is 0 Å². The molecule has 0 aliphatic carbocycles. The molecule has 0 atom stereocenters. The van der Waals surface area contributed by atoms with E-state index in [1.165, 1.54) is 11.8 Å². The second-order valence-electron chi connectivity index (χ2n) is 6.03. The third kappa shape index (κ3) is 4.35. The van der Waals surface area contributed by atoms with E-state index >= 15 is 0 Å². The summed E-state index contributed by atoms with van der Waals surface area (Å²) >= 11 is 0. The zero-order valence-corrected chi connectivity index (χ0v) is 13.3. The van der Waals surface area contributed by atoms with Crippen molar-refractivity contribution in [3.8, 4) is 0 Å². The lowest BCUT2D eigenvalue weighted by atomic mass is 9.92. The Hall–Kier alpha value is -2.76. The minimum Gasteiger partial charge on any atom is -0.476 e. The van der Waals surface area contributed by atoms with Gasteiger partial charge in [-0.25, -0.2) is 14.8 Å². The Labute approximate surface area is 134 Å². The first-order valence-electron chi connectivity index (χ1n) is 7.21. The van der Waals surface area contributed by atoms with E-state index in [1.807, 2.05) is 45.0 Å². The van der Waals surface area contributed by atoms with Crippen LogP contribution in [0.3, 0.4) is 0 Å². The first-order valence-corrected chi connectivity index (χ1v) is 7.21. The SMILES string of the molecule is Cc1ccccc1CC(C)(C)NC(=O)c1cnc(C(=O)O)cn1. The molecule has 1 amide bonds. The highest BCUT2D eigenvalue weighted by atomic mass is 16.4. The second-order valence-corrected chi connectivity index (χ2v) is 6.03. The standard InChI is InChI=1S/C17H19N3O3/c1-11-6-4-5-7-12(11)8-17(2,3)20-15(21)13-9-19-14(10-18-13)16(22)23/h4-7,9-10H,8H2,1-3H3,(H,20,21)(H,22,23). The van der Waals surface area contributed by atoms with E-state index in [-0.39, 0.29) is 17.3 Å². The lowest BCUT2D eigenvalue weighted by Gasteiger charge is -2.27. The highest BCUT2D eigenvalue weighted by Crippen LogP contribution is 2.16. The number of carbonyl (C=O) groups is 2. The number of nitrogens with one attached hydrogen (secondary N) is 1. The van der Waals surface area contributed by atoms with Crippen molar-refractivity contribution < 1.29 is 14.7 Å². The highest BCUT2D eigenvalue weighted by Gasteiger charge is 2.23. The van der Waals surface area contributed by atoms with Crippen LogP contribution in [0, 0.1) is 6.92 Å². The van der Waals surface area contributed by atoms with Crippen LogP contribution in [0.4, 0.5) is 0 Å². The Morgan fingerprint density at radius 2 is 1.74 bits per heavy atom. The molecular weight excluding hydrogens is 294 g/mol. The first kappa shape index (κ1) is 16.6. The van der Waals surface area contributed by atoms with Gasteiger partial charge in [-0.05, 0) is 38.3 Å². The summed E-state index contributed by atoms with van der Waals surface area (Å²) in [6.45, 7) is 5.89. The number of carboxylic acid groups (broad SMARTS) is 1. The Kier molecular flexibility index (Phi) is 4.74. The van der Waals surface area contributed by atoms with Crippen LogP contribution in [0.1, 0.15) is 46.0 Å². The Balaban J connectivity index is 2.08. The van der Waals surface area contributed by atoms with Crippen LogP contribution in [0.5, 0.6) is 0 Å². The molecule has 2 rings (SSSR count). The van der Waals surface area contributed by atoms with Gasteiger partial charge < -0.3 is 10.4 Å². The summed E-state index contributed by atoms with van der Waals surface area (Å²) in [7, 11) is 0. The van der Waals surface area contributed by atoms with E-state index in [1.54, 1.807) is 0 Å². The van der Waals surface area contributed by atoms with Gasteiger partial charge in [0.15, 0.2) is 5.69 Å². The fraction of sp³-hybridized carbons (Fsp3) is 0.294. The van der Waals surface area contributed by atoms with Gasteiger partial charge in [0.25, 0.3) is 5.91 Å². The van der Waals surface area contributed by atoms with Gasteiger partial charge in [0, 0.05) is 5.54 Å². The third-order valence-corrected chi connectivity index (χ3v) is 3.45. The van der Waals surface area contributed by atoms with Crippen molar-refractivity contribution >= 4 is 11.9 Å².